The van der Waals surface area contributed by atoms with Crippen LogP contribution < -0.4 is 10.5 Å². The van der Waals surface area contributed by atoms with Crippen molar-refractivity contribution in [2.45, 2.75) is 13.1 Å². The fraction of sp³-hybridized carbons (Fsp3) is 0.133. The molecular formula is C15H14N6O2S. The molecule has 0 aliphatic rings. The summed E-state index contributed by atoms with van der Waals surface area (Å²) in [5, 5.41) is 9.26. The number of amides is 2. The molecule has 0 saturated carbocycles. The second-order valence-electron chi connectivity index (χ2n) is 4.98. The highest BCUT2D eigenvalue weighted by atomic mass is 32.1. The van der Waals surface area contributed by atoms with Crippen LogP contribution in [0.2, 0.25) is 0 Å². The van der Waals surface area contributed by atoms with Crippen molar-refractivity contribution in [3.05, 3.63) is 64.2 Å². The average Bonchev–Trinajstić information content (AvgIpc) is 3.18. The quantitative estimate of drug-likeness (QED) is 0.724. The highest BCUT2D eigenvalue weighted by molar-refractivity contribution is 7.07. The molecule has 0 bridgehead atoms. The number of carbonyl (C=O) groups excluding carboxylic acids is 2. The van der Waals surface area contributed by atoms with Gasteiger partial charge in [-0.15, -0.1) is 16.4 Å². The van der Waals surface area contributed by atoms with Crippen molar-refractivity contribution in [3.8, 4) is 0 Å². The van der Waals surface area contributed by atoms with Gasteiger partial charge in [0.1, 0.15) is 6.54 Å². The van der Waals surface area contributed by atoms with Crippen molar-refractivity contribution < 1.29 is 9.59 Å². The Labute approximate surface area is 140 Å². The third-order valence-electron chi connectivity index (χ3n) is 3.13. The minimum Gasteiger partial charge on any atom is -0.368 e. The number of aromatic nitrogens is 4. The summed E-state index contributed by atoms with van der Waals surface area (Å²) in [5.41, 5.74) is 6.25. The summed E-state index contributed by atoms with van der Waals surface area (Å²) in [4.78, 5) is 27.7. The summed E-state index contributed by atoms with van der Waals surface area (Å²) in [6, 6.07) is 9.88. The molecule has 0 spiro atoms. The number of primary amides is 1. The Hall–Kier alpha value is -3.07. The molecule has 0 atom stereocenters. The van der Waals surface area contributed by atoms with Crippen LogP contribution in [0.1, 0.15) is 16.1 Å². The van der Waals surface area contributed by atoms with Crippen molar-refractivity contribution in [2.24, 2.45) is 10.7 Å². The molecule has 1 aromatic carbocycles. The average molecular weight is 342 g/mol. The molecule has 122 valence electrons. The molecule has 9 heteroatoms. The number of benzene rings is 1. The van der Waals surface area contributed by atoms with Crippen LogP contribution in [0.15, 0.2) is 53.1 Å². The van der Waals surface area contributed by atoms with Crippen molar-refractivity contribution in [1.82, 2.24) is 19.6 Å². The molecular weight excluding hydrogens is 328 g/mol. The fourth-order valence-electron chi connectivity index (χ4n) is 2.06. The van der Waals surface area contributed by atoms with Crippen molar-refractivity contribution in [3.63, 3.8) is 0 Å². The maximum atomic E-state index is 12.2. The van der Waals surface area contributed by atoms with Gasteiger partial charge in [0, 0.05) is 18.1 Å². The number of hydrogen-bond donors (Lipinski definition) is 1. The zero-order valence-electron chi connectivity index (χ0n) is 12.6. The highest BCUT2D eigenvalue weighted by Crippen LogP contribution is 2.02. The van der Waals surface area contributed by atoms with Gasteiger partial charge in [-0.1, -0.05) is 35.5 Å². The van der Waals surface area contributed by atoms with Gasteiger partial charge in [0.05, 0.1) is 6.20 Å². The topological polar surface area (TPSA) is 108 Å². The first-order chi connectivity index (χ1) is 11.6. The molecule has 2 heterocycles. The van der Waals surface area contributed by atoms with E-state index in [0.29, 0.717) is 11.3 Å². The van der Waals surface area contributed by atoms with Crippen LogP contribution in [-0.4, -0.2) is 31.4 Å². The molecule has 0 unspecified atom stereocenters. The number of nitrogens with two attached hydrogens (primary N) is 1. The zero-order valence-corrected chi connectivity index (χ0v) is 13.4. The predicted octanol–water partition coefficient (Wildman–Crippen LogP) is 0.416. The first-order valence-corrected chi connectivity index (χ1v) is 7.95. The smallest absolute Gasteiger partial charge is 0.301 e. The number of nitrogens with zero attached hydrogens (tertiary/aromatic N) is 5. The van der Waals surface area contributed by atoms with Crippen molar-refractivity contribution >= 4 is 23.2 Å². The minimum atomic E-state index is -0.560. The number of hydrogen-bond acceptors (Lipinski definition) is 5. The predicted molar refractivity (Wildman–Crippen MR) is 87.0 cm³/mol. The molecule has 3 aromatic rings. The van der Waals surface area contributed by atoms with Gasteiger partial charge in [0.2, 0.25) is 5.91 Å². The molecule has 0 radical (unpaired) electrons. The summed E-state index contributed by atoms with van der Waals surface area (Å²) >= 11 is 1.36. The van der Waals surface area contributed by atoms with Crippen LogP contribution >= 0.6 is 11.3 Å². The van der Waals surface area contributed by atoms with Gasteiger partial charge < -0.3 is 10.3 Å². The first kappa shape index (κ1) is 15.8. The Bertz CT molecular complexity index is 925. The standard InChI is InChI=1S/C15H14N6O2S/c16-13(22)10-21-9-12(18-19-21)14(23)17-15-20(6-7-24-15)8-11-4-2-1-3-5-11/h1-7,9H,8,10H2,(H2,16,22). The fourth-order valence-corrected chi connectivity index (χ4v) is 2.79. The number of carbonyl (C=O) groups is 2. The van der Waals surface area contributed by atoms with Crippen LogP contribution in [0.3, 0.4) is 0 Å². The molecule has 2 N–H and O–H groups in total. The normalized spacial score (nSPS) is 11.6. The first-order valence-electron chi connectivity index (χ1n) is 7.07. The molecule has 0 saturated heterocycles. The summed E-state index contributed by atoms with van der Waals surface area (Å²) in [7, 11) is 0. The monoisotopic (exact) mass is 342 g/mol. The Morgan fingerprint density at radius 1 is 1.25 bits per heavy atom. The zero-order chi connectivity index (χ0) is 16.9. The Kier molecular flexibility index (Phi) is 4.62. The van der Waals surface area contributed by atoms with E-state index in [1.165, 1.54) is 22.2 Å². The van der Waals surface area contributed by atoms with Gasteiger partial charge in [-0.05, 0) is 5.56 Å². The maximum absolute atomic E-state index is 12.2. The Balaban J connectivity index is 1.81. The van der Waals surface area contributed by atoms with Crippen LogP contribution in [0.25, 0.3) is 0 Å². The van der Waals surface area contributed by atoms with E-state index in [2.05, 4.69) is 15.3 Å². The SMILES string of the molecule is NC(=O)Cn1cc(C(=O)N=c2sccn2Cc2ccccc2)nn1. The van der Waals surface area contributed by atoms with Crippen LogP contribution in [-0.2, 0) is 17.9 Å². The van der Waals surface area contributed by atoms with Gasteiger partial charge >= 0.3 is 5.91 Å². The van der Waals surface area contributed by atoms with Crippen molar-refractivity contribution in [1.29, 1.82) is 0 Å². The van der Waals surface area contributed by atoms with E-state index >= 15 is 0 Å². The van der Waals surface area contributed by atoms with E-state index in [9.17, 15) is 9.59 Å². The molecule has 8 nitrogen and oxygen atoms in total. The van der Waals surface area contributed by atoms with E-state index in [1.807, 2.05) is 46.5 Å². The van der Waals surface area contributed by atoms with E-state index in [1.54, 1.807) is 0 Å². The summed E-state index contributed by atoms with van der Waals surface area (Å²) in [6.45, 7) is 0.484. The Morgan fingerprint density at radius 2 is 2.04 bits per heavy atom. The van der Waals surface area contributed by atoms with Crippen LogP contribution in [0.4, 0.5) is 0 Å². The molecule has 24 heavy (non-hydrogen) atoms. The van der Waals surface area contributed by atoms with Gasteiger partial charge in [-0.2, -0.15) is 4.99 Å². The third-order valence-corrected chi connectivity index (χ3v) is 3.92. The van der Waals surface area contributed by atoms with Gasteiger partial charge in [-0.3, -0.25) is 9.59 Å². The largest absolute Gasteiger partial charge is 0.368 e. The molecule has 0 fully saturated rings. The molecule has 0 aliphatic carbocycles. The second-order valence-corrected chi connectivity index (χ2v) is 5.86. The summed E-state index contributed by atoms with van der Waals surface area (Å²) in [5.74, 6) is -1.08. The lowest BCUT2D eigenvalue weighted by atomic mass is 10.2. The van der Waals surface area contributed by atoms with Crippen LogP contribution in [0, 0.1) is 0 Å². The van der Waals surface area contributed by atoms with Gasteiger partial charge in [0.25, 0.3) is 0 Å². The van der Waals surface area contributed by atoms with Gasteiger partial charge in [0.15, 0.2) is 10.5 Å². The molecule has 3 rings (SSSR count). The van der Waals surface area contributed by atoms with Crippen LogP contribution in [0.5, 0.6) is 0 Å². The number of rotatable bonds is 5. The number of thiazole rings is 1. The summed E-state index contributed by atoms with van der Waals surface area (Å²) in [6.07, 6.45) is 3.22. The van der Waals surface area contributed by atoms with Crippen molar-refractivity contribution in [2.75, 3.05) is 0 Å². The lowest BCUT2D eigenvalue weighted by Gasteiger charge is -2.02. The maximum Gasteiger partial charge on any atom is 0.301 e. The Morgan fingerprint density at radius 3 is 2.79 bits per heavy atom. The lowest BCUT2D eigenvalue weighted by molar-refractivity contribution is -0.118. The second kappa shape index (κ2) is 7.01. The van der Waals surface area contributed by atoms with E-state index in [-0.39, 0.29) is 12.2 Å². The van der Waals surface area contributed by atoms with Gasteiger partial charge in [-0.25, -0.2) is 4.68 Å². The highest BCUT2D eigenvalue weighted by Gasteiger charge is 2.11. The summed E-state index contributed by atoms with van der Waals surface area (Å²) < 4.78 is 3.09. The molecule has 2 amide bonds. The third kappa shape index (κ3) is 3.82. The van der Waals surface area contributed by atoms with E-state index < -0.39 is 11.8 Å². The van der Waals surface area contributed by atoms with E-state index in [0.717, 1.165) is 5.56 Å². The molecule has 2 aromatic heterocycles. The van der Waals surface area contributed by atoms with E-state index in [4.69, 9.17) is 5.73 Å². The molecule has 0 aliphatic heterocycles. The lowest BCUT2D eigenvalue weighted by Crippen LogP contribution is -2.19. The minimum absolute atomic E-state index is 0.0657.